The number of methoxy groups -OCH3 is 2. The third-order valence-corrected chi connectivity index (χ3v) is 2.37. The first-order valence-electron chi connectivity index (χ1n) is 5.60. The van der Waals surface area contributed by atoms with Crippen molar-refractivity contribution in [1.82, 2.24) is 0 Å². The standard InChI is InChI=1S/C12H15NO6/c1-17-10-6-5-9(13(15)16)8-11(10)19-7-3-4-12(14)18-2/h5-6,8H,3-4,7H2,1-2H3. The van der Waals surface area contributed by atoms with Gasteiger partial charge in [-0.1, -0.05) is 0 Å². The van der Waals surface area contributed by atoms with Crippen molar-refractivity contribution in [1.29, 1.82) is 0 Å². The van der Waals surface area contributed by atoms with E-state index in [1.807, 2.05) is 0 Å². The van der Waals surface area contributed by atoms with E-state index < -0.39 is 4.92 Å². The van der Waals surface area contributed by atoms with Crippen molar-refractivity contribution in [2.75, 3.05) is 20.8 Å². The highest BCUT2D eigenvalue weighted by Crippen LogP contribution is 2.31. The molecule has 0 heterocycles. The number of nitro benzene ring substituents is 1. The summed E-state index contributed by atoms with van der Waals surface area (Å²) in [5.74, 6) is 0.361. The number of non-ortho nitro benzene ring substituents is 1. The van der Waals surface area contributed by atoms with Gasteiger partial charge in [-0.05, 0) is 12.5 Å². The van der Waals surface area contributed by atoms with Gasteiger partial charge in [0.1, 0.15) is 0 Å². The first-order chi connectivity index (χ1) is 9.08. The van der Waals surface area contributed by atoms with Crippen molar-refractivity contribution >= 4 is 11.7 Å². The SMILES string of the molecule is COC(=O)CCCOc1cc([N+](=O)[O-])ccc1OC. The van der Waals surface area contributed by atoms with Gasteiger partial charge < -0.3 is 14.2 Å². The van der Waals surface area contributed by atoms with Gasteiger partial charge in [0, 0.05) is 12.5 Å². The number of nitro groups is 1. The maximum absolute atomic E-state index is 10.9. The van der Waals surface area contributed by atoms with E-state index in [1.54, 1.807) is 0 Å². The lowest BCUT2D eigenvalue weighted by Crippen LogP contribution is -2.05. The minimum atomic E-state index is -0.513. The molecule has 0 spiro atoms. The summed E-state index contributed by atoms with van der Waals surface area (Å²) >= 11 is 0. The number of esters is 1. The van der Waals surface area contributed by atoms with Crippen molar-refractivity contribution < 1.29 is 23.9 Å². The Morgan fingerprint density at radius 1 is 1.32 bits per heavy atom. The molecule has 1 aromatic rings. The molecular weight excluding hydrogens is 254 g/mol. The van der Waals surface area contributed by atoms with Crippen molar-refractivity contribution in [3.63, 3.8) is 0 Å². The number of rotatable bonds is 7. The van der Waals surface area contributed by atoms with Gasteiger partial charge in [-0.3, -0.25) is 14.9 Å². The Hall–Kier alpha value is -2.31. The highest BCUT2D eigenvalue weighted by Gasteiger charge is 2.12. The van der Waals surface area contributed by atoms with Crippen LogP contribution in [0.2, 0.25) is 0 Å². The second kappa shape index (κ2) is 7.20. The van der Waals surface area contributed by atoms with Crippen molar-refractivity contribution in [3.05, 3.63) is 28.3 Å². The van der Waals surface area contributed by atoms with Crippen LogP contribution in [0.25, 0.3) is 0 Å². The van der Waals surface area contributed by atoms with Crippen LogP contribution in [0.5, 0.6) is 11.5 Å². The Labute approximate surface area is 110 Å². The van der Waals surface area contributed by atoms with Gasteiger partial charge in [-0.25, -0.2) is 0 Å². The van der Waals surface area contributed by atoms with Gasteiger partial charge in [0.2, 0.25) is 0 Å². The molecular formula is C12H15NO6. The Morgan fingerprint density at radius 3 is 2.63 bits per heavy atom. The van der Waals surface area contributed by atoms with Crippen LogP contribution in [-0.4, -0.2) is 31.7 Å². The largest absolute Gasteiger partial charge is 0.493 e. The van der Waals surface area contributed by atoms with Crippen molar-refractivity contribution in [2.45, 2.75) is 12.8 Å². The number of benzene rings is 1. The molecule has 104 valence electrons. The predicted molar refractivity (Wildman–Crippen MR) is 66.4 cm³/mol. The molecule has 7 heteroatoms. The zero-order chi connectivity index (χ0) is 14.3. The minimum absolute atomic E-state index is 0.0798. The summed E-state index contributed by atoms with van der Waals surface area (Å²) in [6, 6.07) is 4.09. The molecule has 0 atom stereocenters. The maximum Gasteiger partial charge on any atom is 0.305 e. The van der Waals surface area contributed by atoms with E-state index in [2.05, 4.69) is 4.74 Å². The van der Waals surface area contributed by atoms with Crippen LogP contribution in [0, 0.1) is 10.1 Å². The molecule has 19 heavy (non-hydrogen) atoms. The lowest BCUT2D eigenvalue weighted by atomic mass is 10.2. The predicted octanol–water partition coefficient (Wildman–Crippen LogP) is 1.94. The lowest BCUT2D eigenvalue weighted by Gasteiger charge is -2.09. The van der Waals surface area contributed by atoms with Gasteiger partial charge >= 0.3 is 5.97 Å². The van der Waals surface area contributed by atoms with Gasteiger partial charge in [0.25, 0.3) is 5.69 Å². The van der Waals surface area contributed by atoms with Crippen LogP contribution in [0.15, 0.2) is 18.2 Å². The number of hydrogen-bond acceptors (Lipinski definition) is 6. The fourth-order valence-corrected chi connectivity index (χ4v) is 1.39. The molecule has 0 aliphatic rings. The molecule has 0 fully saturated rings. The van der Waals surface area contributed by atoms with E-state index >= 15 is 0 Å². The fraction of sp³-hybridized carbons (Fsp3) is 0.417. The average Bonchev–Trinajstić information content (AvgIpc) is 2.42. The van der Waals surface area contributed by atoms with Crippen molar-refractivity contribution in [2.24, 2.45) is 0 Å². The summed E-state index contributed by atoms with van der Waals surface area (Å²) in [6.07, 6.45) is 0.687. The summed E-state index contributed by atoms with van der Waals surface area (Å²) in [4.78, 5) is 21.0. The zero-order valence-electron chi connectivity index (χ0n) is 10.8. The highest BCUT2D eigenvalue weighted by atomic mass is 16.6. The molecule has 0 N–H and O–H groups in total. The summed E-state index contributed by atoms with van der Waals surface area (Å²) < 4.78 is 14.9. The number of ether oxygens (including phenoxy) is 3. The third kappa shape index (κ3) is 4.46. The smallest absolute Gasteiger partial charge is 0.305 e. The number of hydrogen-bond donors (Lipinski definition) is 0. The number of carbonyl (C=O) groups is 1. The van der Waals surface area contributed by atoms with E-state index in [9.17, 15) is 14.9 Å². The molecule has 0 aliphatic heterocycles. The van der Waals surface area contributed by atoms with Crippen molar-refractivity contribution in [3.8, 4) is 11.5 Å². The van der Waals surface area contributed by atoms with E-state index in [0.29, 0.717) is 12.2 Å². The second-order valence-electron chi connectivity index (χ2n) is 3.62. The van der Waals surface area contributed by atoms with Gasteiger partial charge in [0.15, 0.2) is 11.5 Å². The van der Waals surface area contributed by atoms with Crippen LogP contribution in [0.1, 0.15) is 12.8 Å². The topological polar surface area (TPSA) is 87.9 Å². The molecule has 0 aromatic heterocycles. The van der Waals surface area contributed by atoms with Crippen LogP contribution in [0.3, 0.4) is 0 Å². The number of nitrogens with zero attached hydrogens (tertiary/aromatic N) is 1. The second-order valence-corrected chi connectivity index (χ2v) is 3.62. The zero-order valence-corrected chi connectivity index (χ0v) is 10.8. The molecule has 1 aromatic carbocycles. The molecule has 0 bridgehead atoms. The average molecular weight is 269 g/mol. The summed E-state index contributed by atoms with van der Waals surface area (Å²) in [7, 11) is 2.76. The van der Waals surface area contributed by atoms with E-state index in [-0.39, 0.29) is 30.4 Å². The minimum Gasteiger partial charge on any atom is -0.493 e. The summed E-state index contributed by atoms with van der Waals surface area (Å²) in [6.45, 7) is 0.243. The Balaban J connectivity index is 2.62. The summed E-state index contributed by atoms with van der Waals surface area (Å²) in [5, 5.41) is 10.7. The molecule has 0 amide bonds. The van der Waals surface area contributed by atoms with Crippen LogP contribution >= 0.6 is 0 Å². The normalized spacial score (nSPS) is 9.79. The fourth-order valence-electron chi connectivity index (χ4n) is 1.39. The first kappa shape index (κ1) is 14.7. The van der Waals surface area contributed by atoms with Gasteiger partial charge in [0.05, 0.1) is 31.8 Å². The van der Waals surface area contributed by atoms with Crippen LogP contribution < -0.4 is 9.47 Å². The molecule has 0 saturated heterocycles. The first-order valence-corrected chi connectivity index (χ1v) is 5.60. The molecule has 1 rings (SSSR count). The molecule has 7 nitrogen and oxygen atoms in total. The van der Waals surface area contributed by atoms with Crippen LogP contribution in [0.4, 0.5) is 5.69 Å². The van der Waals surface area contributed by atoms with E-state index in [1.165, 1.54) is 32.4 Å². The Bertz CT molecular complexity index is 460. The van der Waals surface area contributed by atoms with E-state index in [0.717, 1.165) is 0 Å². The molecule has 0 radical (unpaired) electrons. The summed E-state index contributed by atoms with van der Waals surface area (Å²) in [5.41, 5.74) is -0.0798. The van der Waals surface area contributed by atoms with Gasteiger partial charge in [-0.2, -0.15) is 0 Å². The maximum atomic E-state index is 10.9. The van der Waals surface area contributed by atoms with Gasteiger partial charge in [-0.15, -0.1) is 0 Å². The molecule has 0 saturated carbocycles. The van der Waals surface area contributed by atoms with Crippen LogP contribution in [-0.2, 0) is 9.53 Å². The molecule has 0 aliphatic carbocycles. The highest BCUT2D eigenvalue weighted by molar-refractivity contribution is 5.69. The Kier molecular flexibility index (Phi) is 5.59. The quantitative estimate of drug-likeness (QED) is 0.325. The third-order valence-electron chi connectivity index (χ3n) is 2.37. The number of carbonyl (C=O) groups excluding carboxylic acids is 1. The monoisotopic (exact) mass is 269 g/mol. The molecule has 0 unspecified atom stereocenters. The Morgan fingerprint density at radius 2 is 2.05 bits per heavy atom. The lowest BCUT2D eigenvalue weighted by molar-refractivity contribution is -0.385. The van der Waals surface area contributed by atoms with E-state index in [4.69, 9.17) is 9.47 Å².